The maximum atomic E-state index is 10.8. The minimum atomic E-state index is -0.339. The molecule has 0 aliphatic heterocycles. The first-order valence-corrected chi connectivity index (χ1v) is 8.99. The maximum absolute atomic E-state index is 10.8. The van der Waals surface area contributed by atoms with E-state index in [0.29, 0.717) is 5.92 Å². The van der Waals surface area contributed by atoms with E-state index in [-0.39, 0.29) is 18.1 Å². The Bertz CT molecular complexity index is 765. The second-order valence-electron chi connectivity index (χ2n) is 7.64. The molecule has 2 nitrogen and oxygen atoms in total. The highest BCUT2D eigenvalue weighted by molar-refractivity contribution is 5.43. The third kappa shape index (κ3) is 2.49. The fraction of sp³-hybridized carbons (Fsp3) is 0.455. The Labute approximate surface area is 144 Å². The fourth-order valence-electron chi connectivity index (χ4n) is 4.77. The molecule has 0 radical (unpaired) electrons. The van der Waals surface area contributed by atoms with Crippen molar-refractivity contribution in [1.82, 2.24) is 0 Å². The van der Waals surface area contributed by atoms with Gasteiger partial charge in [0, 0.05) is 7.11 Å². The molecule has 0 fully saturated rings. The molecule has 0 saturated heterocycles. The Morgan fingerprint density at radius 2 is 1.96 bits per heavy atom. The molecule has 4 unspecified atom stereocenters. The molecule has 126 valence electrons. The quantitative estimate of drug-likeness (QED) is 0.912. The molecule has 2 aromatic rings. The second kappa shape index (κ2) is 6.02. The molecule has 0 amide bonds. The van der Waals surface area contributed by atoms with Crippen molar-refractivity contribution in [3.8, 4) is 0 Å². The van der Waals surface area contributed by atoms with Crippen LogP contribution in [0.1, 0.15) is 52.5 Å². The van der Waals surface area contributed by atoms with Crippen LogP contribution in [0, 0.1) is 18.8 Å². The topological polar surface area (TPSA) is 29.5 Å². The van der Waals surface area contributed by atoms with Crippen LogP contribution in [0.3, 0.4) is 0 Å². The van der Waals surface area contributed by atoms with E-state index < -0.39 is 0 Å². The second-order valence-corrected chi connectivity index (χ2v) is 7.64. The van der Waals surface area contributed by atoms with Crippen molar-refractivity contribution in [3.05, 3.63) is 69.8 Å². The Hall–Kier alpha value is -1.64. The lowest BCUT2D eigenvalue weighted by molar-refractivity contribution is 0.0695. The van der Waals surface area contributed by atoms with Crippen LogP contribution in [0.4, 0.5) is 0 Å². The van der Waals surface area contributed by atoms with Gasteiger partial charge in [-0.15, -0.1) is 0 Å². The number of fused-ring (bicyclic) bond motifs is 2. The third-order valence-corrected chi connectivity index (χ3v) is 5.94. The molecule has 2 heteroatoms. The monoisotopic (exact) mass is 322 g/mol. The van der Waals surface area contributed by atoms with E-state index in [1.807, 2.05) is 7.11 Å². The van der Waals surface area contributed by atoms with E-state index >= 15 is 0 Å². The summed E-state index contributed by atoms with van der Waals surface area (Å²) in [5.41, 5.74) is 7.93. The molecule has 2 aliphatic carbocycles. The molecule has 24 heavy (non-hydrogen) atoms. The average molecular weight is 322 g/mol. The molecular weight excluding hydrogens is 296 g/mol. The predicted octanol–water partition coefficient (Wildman–Crippen LogP) is 4.32. The molecule has 1 N–H and O–H groups in total. The zero-order valence-electron chi connectivity index (χ0n) is 14.8. The molecule has 0 spiro atoms. The van der Waals surface area contributed by atoms with Gasteiger partial charge in [-0.2, -0.15) is 0 Å². The molecule has 0 aromatic heterocycles. The molecule has 4 rings (SSSR count). The Kier molecular flexibility index (Phi) is 3.98. The van der Waals surface area contributed by atoms with Crippen molar-refractivity contribution in [2.45, 2.75) is 45.3 Å². The predicted molar refractivity (Wildman–Crippen MR) is 96.1 cm³/mol. The lowest BCUT2D eigenvalue weighted by atomic mass is 9.90. The zero-order chi connectivity index (χ0) is 16.8. The summed E-state index contributed by atoms with van der Waals surface area (Å²) in [5, 5.41) is 10.8. The van der Waals surface area contributed by atoms with Crippen LogP contribution in [0.15, 0.2) is 36.4 Å². The molecule has 2 aliphatic rings. The van der Waals surface area contributed by atoms with Gasteiger partial charge in [0.05, 0.1) is 12.2 Å². The van der Waals surface area contributed by atoms with E-state index in [1.165, 1.54) is 27.8 Å². The summed E-state index contributed by atoms with van der Waals surface area (Å²) in [6, 6.07) is 13.0. The van der Waals surface area contributed by atoms with Gasteiger partial charge in [-0.05, 0) is 65.8 Å². The van der Waals surface area contributed by atoms with Gasteiger partial charge in [0.15, 0.2) is 0 Å². The number of hydrogen-bond acceptors (Lipinski definition) is 2. The van der Waals surface area contributed by atoms with E-state index in [2.05, 4.69) is 50.2 Å². The van der Waals surface area contributed by atoms with Gasteiger partial charge < -0.3 is 9.84 Å². The highest BCUT2D eigenvalue weighted by atomic mass is 16.5. The number of methoxy groups -OCH3 is 1. The van der Waals surface area contributed by atoms with E-state index in [0.717, 1.165) is 24.8 Å². The summed E-state index contributed by atoms with van der Waals surface area (Å²) >= 11 is 0. The van der Waals surface area contributed by atoms with Gasteiger partial charge in [-0.1, -0.05) is 48.9 Å². The summed E-state index contributed by atoms with van der Waals surface area (Å²) in [5.74, 6) is 0.810. The van der Waals surface area contributed by atoms with Gasteiger partial charge in [-0.25, -0.2) is 0 Å². The lowest BCUT2D eigenvalue weighted by Gasteiger charge is -2.18. The zero-order valence-corrected chi connectivity index (χ0v) is 14.8. The highest BCUT2D eigenvalue weighted by Crippen LogP contribution is 2.43. The SMILES string of the molecule is COC1c2cccc(CC3Cc4cc(C)ccc4C3O)c2CC1C. The van der Waals surface area contributed by atoms with Gasteiger partial charge >= 0.3 is 0 Å². The molecule has 4 atom stereocenters. The van der Waals surface area contributed by atoms with E-state index in [1.54, 1.807) is 0 Å². The van der Waals surface area contributed by atoms with E-state index in [4.69, 9.17) is 4.74 Å². The lowest BCUT2D eigenvalue weighted by Crippen LogP contribution is -2.12. The van der Waals surface area contributed by atoms with Crippen molar-refractivity contribution in [2.75, 3.05) is 7.11 Å². The van der Waals surface area contributed by atoms with E-state index in [9.17, 15) is 5.11 Å². The van der Waals surface area contributed by atoms with Crippen molar-refractivity contribution >= 4 is 0 Å². The minimum absolute atomic E-state index is 0.216. The Morgan fingerprint density at radius 3 is 2.75 bits per heavy atom. The molecule has 0 saturated carbocycles. The number of aliphatic hydroxyl groups is 1. The third-order valence-electron chi connectivity index (χ3n) is 5.94. The average Bonchev–Trinajstić information content (AvgIpc) is 3.04. The smallest absolute Gasteiger partial charge is 0.0852 e. The summed E-state index contributed by atoms with van der Waals surface area (Å²) < 4.78 is 5.71. The van der Waals surface area contributed by atoms with Gasteiger partial charge in [-0.3, -0.25) is 0 Å². The van der Waals surface area contributed by atoms with Crippen molar-refractivity contribution in [2.24, 2.45) is 11.8 Å². The van der Waals surface area contributed by atoms with Crippen LogP contribution in [-0.2, 0) is 24.0 Å². The normalized spacial score (nSPS) is 28.0. The van der Waals surface area contributed by atoms with Crippen molar-refractivity contribution < 1.29 is 9.84 Å². The summed E-state index contributed by atoms with van der Waals surface area (Å²) in [7, 11) is 1.81. The van der Waals surface area contributed by atoms with Gasteiger partial charge in [0.2, 0.25) is 0 Å². The fourth-order valence-corrected chi connectivity index (χ4v) is 4.77. The molecule has 0 bridgehead atoms. The number of ether oxygens (including phenoxy) is 1. The van der Waals surface area contributed by atoms with Crippen LogP contribution >= 0.6 is 0 Å². The first kappa shape index (κ1) is 15.9. The summed E-state index contributed by atoms with van der Waals surface area (Å²) in [4.78, 5) is 0. The minimum Gasteiger partial charge on any atom is -0.388 e. The molecule has 0 heterocycles. The van der Waals surface area contributed by atoms with Crippen molar-refractivity contribution in [1.29, 1.82) is 0 Å². The van der Waals surface area contributed by atoms with Crippen LogP contribution in [0.2, 0.25) is 0 Å². The number of hydrogen-bond donors (Lipinski definition) is 1. The Morgan fingerprint density at radius 1 is 1.12 bits per heavy atom. The van der Waals surface area contributed by atoms with Crippen molar-refractivity contribution in [3.63, 3.8) is 0 Å². The standard InChI is InChI=1S/C22H26O2/c1-13-7-8-18-16(9-13)12-17(21(18)23)11-15-5-4-6-19-20(15)10-14(2)22(19)24-3/h4-9,14,17,21-23H,10-12H2,1-3H3. The van der Waals surface area contributed by atoms with Gasteiger partial charge in [0.1, 0.15) is 0 Å². The molecular formula is C22H26O2. The first-order chi connectivity index (χ1) is 11.6. The van der Waals surface area contributed by atoms with Crippen LogP contribution in [0.25, 0.3) is 0 Å². The maximum Gasteiger partial charge on any atom is 0.0852 e. The summed E-state index contributed by atoms with van der Waals surface area (Å²) in [6.07, 6.45) is 2.88. The number of benzene rings is 2. The van der Waals surface area contributed by atoms with Crippen LogP contribution in [-0.4, -0.2) is 12.2 Å². The highest BCUT2D eigenvalue weighted by Gasteiger charge is 2.34. The van der Waals surface area contributed by atoms with Gasteiger partial charge in [0.25, 0.3) is 0 Å². The van der Waals surface area contributed by atoms with Crippen LogP contribution in [0.5, 0.6) is 0 Å². The summed E-state index contributed by atoms with van der Waals surface area (Å²) in [6.45, 7) is 4.39. The number of aliphatic hydroxyl groups excluding tert-OH is 1. The number of rotatable bonds is 3. The van der Waals surface area contributed by atoms with Crippen LogP contribution < -0.4 is 0 Å². The Balaban J connectivity index is 1.61. The molecule has 2 aromatic carbocycles. The largest absolute Gasteiger partial charge is 0.388 e. The number of aryl methyl sites for hydroxylation is 1. The first-order valence-electron chi connectivity index (χ1n) is 8.99.